The third-order valence-electron chi connectivity index (χ3n) is 6.51. The van der Waals surface area contributed by atoms with E-state index in [1.165, 1.54) is 10.6 Å². The van der Waals surface area contributed by atoms with Crippen molar-refractivity contribution in [2.75, 3.05) is 19.3 Å². The minimum absolute atomic E-state index is 0.0945. The third-order valence-corrected chi connectivity index (χ3v) is 7.81. The van der Waals surface area contributed by atoms with Gasteiger partial charge in [0, 0.05) is 37.0 Å². The SMILES string of the molecule is Cc1ccccc1-n1nc2c(c1-n1cccc1)CN(C(=O)C1CCN(S(C)(=O)=O)CC1)C2. The first-order valence-electron chi connectivity index (χ1n) is 10.9. The number of hydrogen-bond acceptors (Lipinski definition) is 4. The van der Waals surface area contributed by atoms with E-state index in [0.717, 1.165) is 28.3 Å². The van der Waals surface area contributed by atoms with Crippen LogP contribution in [0.3, 0.4) is 0 Å². The van der Waals surface area contributed by atoms with Gasteiger partial charge in [-0.3, -0.25) is 4.79 Å². The van der Waals surface area contributed by atoms with Gasteiger partial charge in [-0.15, -0.1) is 0 Å². The molecule has 8 nitrogen and oxygen atoms in total. The largest absolute Gasteiger partial charge is 0.332 e. The van der Waals surface area contributed by atoms with Gasteiger partial charge in [0.25, 0.3) is 0 Å². The summed E-state index contributed by atoms with van der Waals surface area (Å²) in [6.07, 6.45) is 6.35. The van der Waals surface area contributed by atoms with Crippen LogP contribution in [0.1, 0.15) is 29.7 Å². The Bertz CT molecular complexity index is 1250. The number of carbonyl (C=O) groups excluding carboxylic acids is 1. The van der Waals surface area contributed by atoms with Gasteiger partial charge in [-0.05, 0) is 43.5 Å². The van der Waals surface area contributed by atoms with Crippen LogP contribution in [0.5, 0.6) is 0 Å². The Kier molecular flexibility index (Phi) is 5.17. The van der Waals surface area contributed by atoms with Crippen LogP contribution in [0.25, 0.3) is 11.5 Å². The predicted molar refractivity (Wildman–Crippen MR) is 121 cm³/mol. The number of aromatic nitrogens is 3. The Morgan fingerprint density at radius 2 is 1.72 bits per heavy atom. The maximum absolute atomic E-state index is 13.2. The standard InChI is InChI=1S/C23H27N5O3S/c1-17-7-3-4-8-21(17)28-22(25-11-5-6-12-25)19-15-26(16-20(19)24-28)23(29)18-9-13-27(14-10-18)32(2,30)31/h3-8,11-12,18H,9-10,13-16H2,1-2H3. The molecule has 0 atom stereocenters. The number of amides is 1. The molecule has 0 saturated carbocycles. The van der Waals surface area contributed by atoms with Crippen molar-refractivity contribution in [3.8, 4) is 11.5 Å². The van der Waals surface area contributed by atoms with Crippen molar-refractivity contribution >= 4 is 15.9 Å². The Morgan fingerprint density at radius 1 is 1.03 bits per heavy atom. The van der Waals surface area contributed by atoms with Gasteiger partial charge in [-0.2, -0.15) is 5.10 Å². The first-order chi connectivity index (χ1) is 15.3. The zero-order valence-electron chi connectivity index (χ0n) is 18.3. The highest BCUT2D eigenvalue weighted by atomic mass is 32.2. The Hall–Kier alpha value is -2.91. The Morgan fingerprint density at radius 3 is 2.38 bits per heavy atom. The smallest absolute Gasteiger partial charge is 0.226 e. The number of para-hydroxylation sites is 1. The highest BCUT2D eigenvalue weighted by molar-refractivity contribution is 7.88. The molecular formula is C23H27N5O3S. The van der Waals surface area contributed by atoms with Crippen molar-refractivity contribution in [3.05, 3.63) is 65.6 Å². The number of carbonyl (C=O) groups is 1. The maximum Gasteiger partial charge on any atom is 0.226 e. The number of aryl methyl sites for hydroxylation is 1. The van der Waals surface area contributed by atoms with Crippen molar-refractivity contribution in [1.82, 2.24) is 23.6 Å². The first-order valence-corrected chi connectivity index (χ1v) is 12.7. The molecule has 4 heterocycles. The number of rotatable bonds is 4. The van der Waals surface area contributed by atoms with Crippen molar-refractivity contribution in [2.24, 2.45) is 5.92 Å². The van der Waals surface area contributed by atoms with Gasteiger partial charge in [0.2, 0.25) is 15.9 Å². The second-order valence-electron chi connectivity index (χ2n) is 8.67. The van der Waals surface area contributed by atoms with E-state index in [1.54, 1.807) is 0 Å². The molecule has 5 rings (SSSR count). The fraction of sp³-hybridized carbons (Fsp3) is 0.391. The van der Waals surface area contributed by atoms with Gasteiger partial charge < -0.3 is 9.47 Å². The van der Waals surface area contributed by atoms with E-state index in [0.29, 0.717) is 39.0 Å². The summed E-state index contributed by atoms with van der Waals surface area (Å²) < 4.78 is 29.0. The normalized spacial score (nSPS) is 17.6. The van der Waals surface area contributed by atoms with E-state index in [2.05, 4.69) is 23.6 Å². The van der Waals surface area contributed by atoms with Gasteiger partial charge in [0.1, 0.15) is 5.82 Å². The van der Waals surface area contributed by atoms with Gasteiger partial charge >= 0.3 is 0 Å². The van der Waals surface area contributed by atoms with E-state index in [1.807, 2.05) is 46.2 Å². The third kappa shape index (κ3) is 3.65. The molecular weight excluding hydrogens is 426 g/mol. The highest BCUT2D eigenvalue weighted by Gasteiger charge is 2.36. The predicted octanol–water partition coefficient (Wildman–Crippen LogP) is 2.49. The van der Waals surface area contributed by atoms with Crippen LogP contribution in [0.2, 0.25) is 0 Å². The number of hydrogen-bond donors (Lipinski definition) is 0. The number of benzene rings is 1. The van der Waals surface area contributed by atoms with E-state index in [4.69, 9.17) is 5.10 Å². The number of fused-ring (bicyclic) bond motifs is 1. The molecule has 0 unspecified atom stereocenters. The molecule has 168 valence electrons. The topological polar surface area (TPSA) is 80.4 Å². The summed E-state index contributed by atoms with van der Waals surface area (Å²) in [5.41, 5.74) is 4.13. The lowest BCUT2D eigenvalue weighted by Gasteiger charge is -2.31. The molecule has 0 spiro atoms. The quantitative estimate of drug-likeness (QED) is 0.608. The maximum atomic E-state index is 13.2. The second kappa shape index (κ2) is 7.90. The molecule has 1 aromatic carbocycles. The molecule has 1 saturated heterocycles. The molecule has 0 radical (unpaired) electrons. The van der Waals surface area contributed by atoms with Gasteiger partial charge in [-0.25, -0.2) is 17.4 Å². The molecule has 0 N–H and O–H groups in total. The molecule has 32 heavy (non-hydrogen) atoms. The summed E-state index contributed by atoms with van der Waals surface area (Å²) in [4.78, 5) is 15.1. The summed E-state index contributed by atoms with van der Waals surface area (Å²) in [5.74, 6) is 0.911. The molecule has 0 bridgehead atoms. The summed E-state index contributed by atoms with van der Waals surface area (Å²) in [5, 5.41) is 4.91. The lowest BCUT2D eigenvalue weighted by Crippen LogP contribution is -2.42. The average molecular weight is 454 g/mol. The summed E-state index contributed by atoms with van der Waals surface area (Å²) in [6.45, 7) is 3.87. The fourth-order valence-corrected chi connectivity index (χ4v) is 5.63. The van der Waals surface area contributed by atoms with Crippen molar-refractivity contribution < 1.29 is 13.2 Å². The van der Waals surface area contributed by atoms with Crippen LogP contribution in [-0.2, 0) is 27.9 Å². The zero-order chi connectivity index (χ0) is 22.5. The Balaban J connectivity index is 1.41. The van der Waals surface area contributed by atoms with Crippen LogP contribution >= 0.6 is 0 Å². The van der Waals surface area contributed by atoms with Crippen LogP contribution in [0.4, 0.5) is 0 Å². The molecule has 1 fully saturated rings. The van der Waals surface area contributed by atoms with Crippen LogP contribution < -0.4 is 0 Å². The lowest BCUT2D eigenvalue weighted by molar-refractivity contribution is -0.137. The van der Waals surface area contributed by atoms with Gasteiger partial charge in [0.05, 0.1) is 30.7 Å². The van der Waals surface area contributed by atoms with Crippen LogP contribution in [-0.4, -0.2) is 57.2 Å². The molecule has 2 aromatic heterocycles. The van der Waals surface area contributed by atoms with Gasteiger partial charge in [-0.1, -0.05) is 18.2 Å². The molecule has 0 aliphatic carbocycles. The number of nitrogens with zero attached hydrogens (tertiary/aromatic N) is 5. The minimum atomic E-state index is -3.20. The number of piperidine rings is 1. The minimum Gasteiger partial charge on any atom is -0.332 e. The monoisotopic (exact) mass is 453 g/mol. The van der Waals surface area contributed by atoms with E-state index in [9.17, 15) is 13.2 Å². The van der Waals surface area contributed by atoms with Gasteiger partial charge in [0.15, 0.2) is 0 Å². The van der Waals surface area contributed by atoms with Crippen molar-refractivity contribution in [1.29, 1.82) is 0 Å². The second-order valence-corrected chi connectivity index (χ2v) is 10.7. The highest BCUT2D eigenvalue weighted by Crippen LogP contribution is 2.33. The summed E-state index contributed by atoms with van der Waals surface area (Å²) >= 11 is 0. The van der Waals surface area contributed by atoms with E-state index >= 15 is 0 Å². The Labute approximate surface area is 188 Å². The molecule has 1 amide bonds. The zero-order valence-corrected chi connectivity index (χ0v) is 19.1. The van der Waals surface area contributed by atoms with E-state index in [-0.39, 0.29) is 11.8 Å². The van der Waals surface area contributed by atoms with E-state index < -0.39 is 10.0 Å². The summed E-state index contributed by atoms with van der Waals surface area (Å²) in [6, 6.07) is 12.1. The van der Waals surface area contributed by atoms with Crippen molar-refractivity contribution in [2.45, 2.75) is 32.9 Å². The molecule has 3 aromatic rings. The van der Waals surface area contributed by atoms with Crippen LogP contribution in [0.15, 0.2) is 48.8 Å². The lowest BCUT2D eigenvalue weighted by atomic mass is 9.96. The molecule has 9 heteroatoms. The van der Waals surface area contributed by atoms with Crippen molar-refractivity contribution in [3.63, 3.8) is 0 Å². The molecule has 2 aliphatic rings. The molecule has 2 aliphatic heterocycles. The first kappa shape index (κ1) is 21.0. The van der Waals surface area contributed by atoms with Crippen LogP contribution in [0, 0.1) is 12.8 Å². The fourth-order valence-electron chi connectivity index (χ4n) is 4.76. The number of sulfonamides is 1. The average Bonchev–Trinajstić information content (AvgIpc) is 3.49. The summed E-state index contributed by atoms with van der Waals surface area (Å²) in [7, 11) is -3.20.